The Hall–Kier alpha value is -2.37. The third kappa shape index (κ3) is 4.59. The Balaban J connectivity index is 1.96. The van der Waals surface area contributed by atoms with Gasteiger partial charge in [0, 0.05) is 0 Å². The maximum atomic E-state index is 12.6. The molecule has 2 N–H and O–H groups in total. The first kappa shape index (κ1) is 19.0. The van der Waals surface area contributed by atoms with E-state index in [1.165, 1.54) is 0 Å². The van der Waals surface area contributed by atoms with E-state index in [1.54, 1.807) is 6.92 Å². The lowest BCUT2D eigenvalue weighted by Crippen LogP contribution is -2.45. The molecule has 6 heteroatoms. The fourth-order valence-electron chi connectivity index (χ4n) is 2.89. The molecule has 0 unspecified atom stereocenters. The second kappa shape index (κ2) is 7.68. The Morgan fingerprint density at radius 3 is 2.44 bits per heavy atom. The van der Waals surface area contributed by atoms with Crippen LogP contribution in [0.15, 0.2) is 30.3 Å². The summed E-state index contributed by atoms with van der Waals surface area (Å²) >= 11 is 0. The summed E-state index contributed by atoms with van der Waals surface area (Å²) in [6.45, 7) is 7.46. The minimum Gasteiger partial charge on any atom is -0.348 e. The molecule has 0 radical (unpaired) electrons. The molecule has 0 aliphatic carbocycles. The summed E-state index contributed by atoms with van der Waals surface area (Å²) in [5.74, 6) is -0.251. The number of urea groups is 1. The number of carbonyl (C=O) groups is 3. The Morgan fingerprint density at radius 1 is 1.20 bits per heavy atom. The van der Waals surface area contributed by atoms with Crippen LogP contribution in [0.25, 0.3) is 0 Å². The molecule has 0 bridgehead atoms. The van der Waals surface area contributed by atoms with Crippen LogP contribution in [0.1, 0.15) is 52.1 Å². The third-order valence-electron chi connectivity index (χ3n) is 4.55. The minimum atomic E-state index is -0.924. The average Bonchev–Trinajstić information content (AvgIpc) is 2.77. The molecule has 0 saturated carbocycles. The molecule has 1 saturated heterocycles. The van der Waals surface area contributed by atoms with Gasteiger partial charge in [0.2, 0.25) is 5.91 Å². The first-order chi connectivity index (χ1) is 11.7. The Labute approximate surface area is 149 Å². The molecule has 4 amide bonds. The van der Waals surface area contributed by atoms with E-state index in [4.69, 9.17) is 0 Å². The van der Waals surface area contributed by atoms with Crippen LogP contribution in [0, 0.1) is 5.92 Å². The van der Waals surface area contributed by atoms with E-state index < -0.39 is 11.6 Å². The molecule has 1 aliphatic heterocycles. The lowest BCUT2D eigenvalue weighted by atomic mass is 9.92. The van der Waals surface area contributed by atoms with E-state index in [1.807, 2.05) is 37.3 Å². The number of nitrogens with zero attached hydrogens (tertiary/aromatic N) is 1. The molecule has 1 aliphatic rings. The van der Waals surface area contributed by atoms with Crippen molar-refractivity contribution in [2.75, 3.05) is 6.54 Å². The van der Waals surface area contributed by atoms with Crippen LogP contribution in [-0.4, -0.2) is 34.8 Å². The molecular weight excluding hydrogens is 318 g/mol. The second-order valence-corrected chi connectivity index (χ2v) is 7.29. The maximum absolute atomic E-state index is 12.6. The summed E-state index contributed by atoms with van der Waals surface area (Å²) < 4.78 is 0. The van der Waals surface area contributed by atoms with Crippen LogP contribution < -0.4 is 10.6 Å². The van der Waals surface area contributed by atoms with Crippen molar-refractivity contribution < 1.29 is 14.4 Å². The Kier molecular flexibility index (Phi) is 5.82. The number of hydrogen-bond acceptors (Lipinski definition) is 3. The molecule has 1 aromatic carbocycles. The summed E-state index contributed by atoms with van der Waals surface area (Å²) in [5.41, 5.74) is 0.0435. The Morgan fingerprint density at radius 2 is 1.84 bits per heavy atom. The third-order valence-corrected chi connectivity index (χ3v) is 4.55. The van der Waals surface area contributed by atoms with Gasteiger partial charge in [-0.1, -0.05) is 44.2 Å². The number of rotatable bonds is 7. The van der Waals surface area contributed by atoms with Gasteiger partial charge in [0.1, 0.15) is 12.1 Å². The van der Waals surface area contributed by atoms with Gasteiger partial charge in [-0.05, 0) is 38.2 Å². The minimum absolute atomic E-state index is 0.193. The van der Waals surface area contributed by atoms with Crippen molar-refractivity contribution >= 4 is 17.8 Å². The van der Waals surface area contributed by atoms with Crippen molar-refractivity contribution in [3.8, 4) is 0 Å². The highest BCUT2D eigenvalue weighted by Crippen LogP contribution is 2.24. The van der Waals surface area contributed by atoms with Crippen molar-refractivity contribution in [2.45, 2.75) is 52.1 Å². The van der Waals surface area contributed by atoms with E-state index in [-0.39, 0.29) is 24.4 Å². The predicted octanol–water partition coefficient (Wildman–Crippen LogP) is 2.61. The average molecular weight is 345 g/mol. The molecule has 2 rings (SSSR count). The zero-order valence-corrected chi connectivity index (χ0v) is 15.3. The van der Waals surface area contributed by atoms with Crippen LogP contribution in [0.4, 0.5) is 4.79 Å². The summed E-state index contributed by atoms with van der Waals surface area (Å²) in [6, 6.07) is 8.85. The van der Waals surface area contributed by atoms with Gasteiger partial charge in [-0.3, -0.25) is 14.5 Å². The van der Waals surface area contributed by atoms with Crippen LogP contribution in [0.5, 0.6) is 0 Å². The second-order valence-electron chi connectivity index (χ2n) is 7.29. The van der Waals surface area contributed by atoms with Gasteiger partial charge in [0.15, 0.2) is 0 Å². The molecule has 6 nitrogen and oxygen atoms in total. The molecule has 0 spiro atoms. The summed E-state index contributed by atoms with van der Waals surface area (Å²) in [4.78, 5) is 38.0. The van der Waals surface area contributed by atoms with Gasteiger partial charge in [0.05, 0.1) is 6.04 Å². The van der Waals surface area contributed by atoms with Gasteiger partial charge in [-0.15, -0.1) is 0 Å². The molecule has 1 heterocycles. The standard InChI is InChI=1S/C19H27N3O3/c1-13(2)10-11-19(4)17(24)22(18(25)21-19)12-16(23)20-14(3)15-8-6-5-7-9-15/h5-9,13-14H,10-12H2,1-4H3,(H,20,23)(H,21,25)/t14-,19-/m0/s1. The highest BCUT2D eigenvalue weighted by Gasteiger charge is 2.47. The van der Waals surface area contributed by atoms with Gasteiger partial charge < -0.3 is 10.6 Å². The molecule has 0 aromatic heterocycles. The van der Waals surface area contributed by atoms with Crippen molar-refractivity contribution in [1.82, 2.24) is 15.5 Å². The Bertz CT molecular complexity index is 645. The number of imide groups is 1. The molecular formula is C19H27N3O3. The molecule has 1 fully saturated rings. The number of hydrogen-bond donors (Lipinski definition) is 2. The van der Waals surface area contributed by atoms with Gasteiger partial charge in [-0.25, -0.2) is 4.79 Å². The van der Waals surface area contributed by atoms with Crippen molar-refractivity contribution in [2.24, 2.45) is 5.92 Å². The quantitative estimate of drug-likeness (QED) is 0.746. The molecule has 136 valence electrons. The topological polar surface area (TPSA) is 78.5 Å². The van der Waals surface area contributed by atoms with Crippen LogP contribution in [0.3, 0.4) is 0 Å². The van der Waals surface area contributed by atoms with Gasteiger partial charge >= 0.3 is 6.03 Å². The van der Waals surface area contributed by atoms with Crippen LogP contribution >= 0.6 is 0 Å². The fraction of sp³-hybridized carbons (Fsp3) is 0.526. The molecule has 1 aromatic rings. The first-order valence-electron chi connectivity index (χ1n) is 8.71. The summed E-state index contributed by atoms with van der Waals surface area (Å²) in [7, 11) is 0. The summed E-state index contributed by atoms with van der Waals surface area (Å²) in [6.07, 6.45) is 1.39. The zero-order valence-electron chi connectivity index (χ0n) is 15.3. The van der Waals surface area contributed by atoms with E-state index in [0.717, 1.165) is 16.9 Å². The smallest absolute Gasteiger partial charge is 0.325 e. The van der Waals surface area contributed by atoms with E-state index in [9.17, 15) is 14.4 Å². The normalized spacial score (nSPS) is 21.4. The first-order valence-corrected chi connectivity index (χ1v) is 8.71. The van der Waals surface area contributed by atoms with Crippen molar-refractivity contribution in [3.63, 3.8) is 0 Å². The zero-order chi connectivity index (χ0) is 18.6. The molecule has 2 atom stereocenters. The van der Waals surface area contributed by atoms with E-state index in [2.05, 4.69) is 24.5 Å². The van der Waals surface area contributed by atoms with Crippen LogP contribution in [0.2, 0.25) is 0 Å². The number of carbonyl (C=O) groups excluding carboxylic acids is 3. The van der Waals surface area contributed by atoms with Gasteiger partial charge in [-0.2, -0.15) is 0 Å². The number of benzene rings is 1. The SMILES string of the molecule is CC(C)CC[C@]1(C)NC(=O)N(CC(=O)N[C@@H](C)c2ccccc2)C1=O. The monoisotopic (exact) mass is 345 g/mol. The fourth-order valence-corrected chi connectivity index (χ4v) is 2.89. The lowest BCUT2D eigenvalue weighted by molar-refractivity contribution is -0.135. The van der Waals surface area contributed by atoms with Crippen LogP contribution in [-0.2, 0) is 9.59 Å². The largest absolute Gasteiger partial charge is 0.348 e. The van der Waals surface area contributed by atoms with E-state index in [0.29, 0.717) is 12.3 Å². The van der Waals surface area contributed by atoms with E-state index >= 15 is 0 Å². The van der Waals surface area contributed by atoms with Crippen molar-refractivity contribution in [3.05, 3.63) is 35.9 Å². The maximum Gasteiger partial charge on any atom is 0.325 e. The number of nitrogens with one attached hydrogen (secondary N) is 2. The van der Waals surface area contributed by atoms with Crippen molar-refractivity contribution in [1.29, 1.82) is 0 Å². The summed E-state index contributed by atoms with van der Waals surface area (Å²) in [5, 5.41) is 5.56. The highest BCUT2D eigenvalue weighted by atomic mass is 16.2. The molecule has 25 heavy (non-hydrogen) atoms. The number of amides is 4. The van der Waals surface area contributed by atoms with Gasteiger partial charge in [0.25, 0.3) is 5.91 Å². The predicted molar refractivity (Wildman–Crippen MR) is 95.7 cm³/mol. The lowest BCUT2D eigenvalue weighted by Gasteiger charge is -2.22. The highest BCUT2D eigenvalue weighted by molar-refractivity contribution is 6.08.